The van der Waals surface area contributed by atoms with E-state index in [-0.39, 0.29) is 45.2 Å². The highest BCUT2D eigenvalue weighted by Gasteiger charge is 2.21. The summed E-state index contributed by atoms with van der Waals surface area (Å²) in [5.41, 5.74) is 1.79. The van der Waals surface area contributed by atoms with E-state index in [4.69, 9.17) is 9.47 Å². The first-order valence-electron chi connectivity index (χ1n) is 11.8. The molecule has 200 valence electrons. The smallest absolute Gasteiger partial charge is 0.208 e. The lowest BCUT2D eigenvalue weighted by Gasteiger charge is -2.14. The molecule has 0 unspecified atom stereocenters. The molecule has 40 heavy (non-hydrogen) atoms. The van der Waals surface area contributed by atoms with Crippen molar-refractivity contribution in [2.45, 2.75) is 11.9 Å². The predicted octanol–water partition coefficient (Wildman–Crippen LogP) is 4.11. The molecule has 0 fully saturated rings. The number of rotatable bonds is 8. The molecule has 0 amide bonds. The van der Waals surface area contributed by atoms with Gasteiger partial charge in [0.25, 0.3) is 0 Å². The minimum absolute atomic E-state index is 0.0763. The van der Waals surface area contributed by atoms with Crippen molar-refractivity contribution < 1.29 is 22.3 Å². The predicted molar refractivity (Wildman–Crippen MR) is 139 cm³/mol. The van der Waals surface area contributed by atoms with Crippen LogP contribution in [0.3, 0.4) is 0 Å². The van der Waals surface area contributed by atoms with Crippen molar-refractivity contribution in [2.24, 2.45) is 0 Å². The van der Waals surface area contributed by atoms with Crippen molar-refractivity contribution in [1.29, 1.82) is 0 Å². The van der Waals surface area contributed by atoms with E-state index in [2.05, 4.69) is 45.5 Å². The zero-order valence-corrected chi connectivity index (χ0v) is 21.4. The molecule has 0 atom stereocenters. The highest BCUT2D eigenvalue weighted by Crippen LogP contribution is 2.41. The van der Waals surface area contributed by atoms with Gasteiger partial charge in [0.1, 0.15) is 11.4 Å². The van der Waals surface area contributed by atoms with E-state index in [0.29, 0.717) is 22.6 Å². The van der Waals surface area contributed by atoms with Gasteiger partial charge >= 0.3 is 0 Å². The Morgan fingerprint density at radius 3 is 2.60 bits per heavy atom. The van der Waals surface area contributed by atoms with Crippen LogP contribution in [0.25, 0.3) is 33.9 Å². The number of para-hydroxylation sites is 1. The van der Waals surface area contributed by atoms with E-state index in [9.17, 15) is 8.42 Å². The second-order valence-corrected chi connectivity index (χ2v) is 10.5. The van der Waals surface area contributed by atoms with Crippen LogP contribution in [0.1, 0.15) is 6.92 Å². The zero-order valence-electron chi connectivity index (χ0n) is 20.6. The fraction of sp³-hybridized carbons (Fsp3) is 0.0800. The molecule has 0 aliphatic carbocycles. The highest BCUT2D eigenvalue weighted by atomic mass is 32.2. The number of aromatic amines is 2. The molecule has 0 aliphatic rings. The maximum Gasteiger partial charge on any atom is 0.208 e. The number of ether oxygens (including phenoxy) is 2. The molecule has 2 N–H and O–H groups in total. The van der Waals surface area contributed by atoms with E-state index in [0.717, 1.165) is 0 Å². The third kappa shape index (κ3) is 4.80. The minimum atomic E-state index is -3.50. The molecule has 6 rings (SSSR count). The van der Waals surface area contributed by atoms with Crippen molar-refractivity contribution >= 4 is 20.9 Å². The Hall–Kier alpha value is -5.31. The maximum absolute atomic E-state index is 15.1. The van der Waals surface area contributed by atoms with Crippen molar-refractivity contribution in [3.05, 3.63) is 73.1 Å². The summed E-state index contributed by atoms with van der Waals surface area (Å²) in [6.07, 6.45) is 5.92. The Morgan fingerprint density at radius 2 is 1.88 bits per heavy atom. The van der Waals surface area contributed by atoms with Gasteiger partial charge in [-0.25, -0.2) is 27.8 Å². The summed E-state index contributed by atoms with van der Waals surface area (Å²) in [5, 5.41) is 13.7. The molecule has 2 aromatic carbocycles. The fourth-order valence-corrected chi connectivity index (χ4v) is 4.56. The number of nitrogens with one attached hydrogen (secondary N) is 2. The second kappa shape index (κ2) is 10.1. The summed E-state index contributed by atoms with van der Waals surface area (Å²) in [4.78, 5) is 20.1. The SMILES string of the molecule is CCS(=O)(=O)c1ccc(Oc2cc3[nH]c(-c4cnccn4)nc3cc2Oc2c(F)cccc2-c2nn[nH]n2)cn1. The number of imidazole rings is 1. The number of H-pyrrole nitrogens is 2. The number of hydrogen-bond donors (Lipinski definition) is 2. The molecule has 0 radical (unpaired) electrons. The van der Waals surface area contributed by atoms with Crippen LogP contribution in [0.2, 0.25) is 0 Å². The Balaban J connectivity index is 1.45. The van der Waals surface area contributed by atoms with Gasteiger partial charge in [-0.3, -0.25) is 4.98 Å². The van der Waals surface area contributed by atoms with Crippen LogP contribution in [0.5, 0.6) is 23.0 Å². The first-order chi connectivity index (χ1) is 19.4. The van der Waals surface area contributed by atoms with Gasteiger partial charge in [0.15, 0.2) is 43.8 Å². The lowest BCUT2D eigenvalue weighted by molar-refractivity contribution is 0.402. The summed E-state index contributed by atoms with van der Waals surface area (Å²) >= 11 is 0. The molecule has 4 heterocycles. The second-order valence-electron chi connectivity index (χ2n) is 8.28. The average molecular weight is 560 g/mol. The van der Waals surface area contributed by atoms with E-state index in [1.807, 2.05) is 0 Å². The van der Waals surface area contributed by atoms with Crippen molar-refractivity contribution in [3.63, 3.8) is 0 Å². The monoisotopic (exact) mass is 559 g/mol. The van der Waals surface area contributed by atoms with Crippen LogP contribution in [0, 0.1) is 5.82 Å². The van der Waals surface area contributed by atoms with Gasteiger partial charge in [0.2, 0.25) is 5.82 Å². The Morgan fingerprint density at radius 1 is 1.00 bits per heavy atom. The quantitative estimate of drug-likeness (QED) is 0.274. The number of nitrogens with zero attached hydrogens (tertiary/aromatic N) is 7. The molecule has 0 saturated carbocycles. The van der Waals surface area contributed by atoms with Gasteiger partial charge in [-0.1, -0.05) is 13.0 Å². The molecule has 15 heteroatoms. The number of aromatic nitrogens is 9. The van der Waals surface area contributed by atoms with Crippen LogP contribution >= 0.6 is 0 Å². The van der Waals surface area contributed by atoms with Crippen molar-refractivity contribution in [3.8, 4) is 45.9 Å². The summed E-state index contributed by atoms with van der Waals surface area (Å²) in [6, 6.07) is 10.3. The van der Waals surface area contributed by atoms with Gasteiger partial charge in [-0.15, -0.1) is 10.2 Å². The van der Waals surface area contributed by atoms with Crippen molar-refractivity contribution in [2.75, 3.05) is 5.75 Å². The van der Waals surface area contributed by atoms with E-state index < -0.39 is 15.7 Å². The Bertz CT molecular complexity index is 1910. The third-order valence-corrected chi connectivity index (χ3v) is 7.39. The number of hydrogen-bond acceptors (Lipinski definition) is 11. The first kappa shape index (κ1) is 25.0. The number of tetrazole rings is 1. The average Bonchev–Trinajstić information content (AvgIpc) is 3.65. The lowest BCUT2D eigenvalue weighted by Crippen LogP contribution is -2.05. The van der Waals surface area contributed by atoms with Gasteiger partial charge in [-0.05, 0) is 29.5 Å². The van der Waals surface area contributed by atoms with Gasteiger partial charge in [0, 0.05) is 24.5 Å². The molecular weight excluding hydrogens is 541 g/mol. The first-order valence-corrected chi connectivity index (χ1v) is 13.4. The number of halogens is 1. The standard InChI is InChI=1S/C25H18FN9O4S/c1-2-40(36,37)22-7-6-14(12-29-22)38-20-10-17-18(31-25(30-17)19-13-27-8-9-28-19)11-21(20)39-23-15(4-3-5-16(23)26)24-32-34-35-33-24/h3-13H,2H2,1H3,(H,30,31)(H,32,33,34,35). The summed E-state index contributed by atoms with van der Waals surface area (Å²) in [6.45, 7) is 1.53. The van der Waals surface area contributed by atoms with E-state index in [1.165, 1.54) is 37.4 Å². The molecule has 0 saturated heterocycles. The Labute approximate surface area is 225 Å². The van der Waals surface area contributed by atoms with Gasteiger partial charge < -0.3 is 14.5 Å². The minimum Gasteiger partial charge on any atom is -0.452 e. The molecule has 13 nitrogen and oxygen atoms in total. The molecule has 4 aromatic heterocycles. The van der Waals surface area contributed by atoms with Crippen LogP contribution in [0.15, 0.2) is 72.3 Å². The summed E-state index contributed by atoms with van der Waals surface area (Å²) in [5.74, 6) is 0.127. The third-order valence-electron chi connectivity index (χ3n) is 5.75. The lowest BCUT2D eigenvalue weighted by atomic mass is 10.2. The largest absolute Gasteiger partial charge is 0.452 e. The van der Waals surface area contributed by atoms with Gasteiger partial charge in [-0.2, -0.15) is 5.21 Å². The van der Waals surface area contributed by atoms with Crippen LogP contribution < -0.4 is 9.47 Å². The van der Waals surface area contributed by atoms with Gasteiger partial charge in [0.05, 0.1) is 34.7 Å². The van der Waals surface area contributed by atoms with Crippen LogP contribution in [-0.4, -0.2) is 59.7 Å². The molecule has 0 spiro atoms. The molecule has 6 aromatic rings. The molecule has 0 aliphatic heterocycles. The number of pyridine rings is 1. The van der Waals surface area contributed by atoms with E-state index in [1.54, 1.807) is 36.8 Å². The molecular formula is C25H18FN9O4S. The van der Waals surface area contributed by atoms with Crippen LogP contribution in [-0.2, 0) is 9.84 Å². The topological polar surface area (TPSA) is 174 Å². The number of sulfone groups is 1. The normalized spacial score (nSPS) is 11.6. The fourth-order valence-electron chi connectivity index (χ4n) is 3.78. The highest BCUT2D eigenvalue weighted by molar-refractivity contribution is 7.91. The maximum atomic E-state index is 15.1. The van der Waals surface area contributed by atoms with Crippen LogP contribution in [0.4, 0.5) is 4.39 Å². The Kier molecular flexibility index (Phi) is 6.31. The van der Waals surface area contributed by atoms with E-state index >= 15 is 4.39 Å². The van der Waals surface area contributed by atoms with Crippen molar-refractivity contribution in [1.82, 2.24) is 45.5 Å². The molecule has 0 bridgehead atoms. The number of benzene rings is 2. The zero-order chi connectivity index (χ0) is 27.7. The summed E-state index contributed by atoms with van der Waals surface area (Å²) in [7, 11) is -3.50. The summed E-state index contributed by atoms with van der Waals surface area (Å²) < 4.78 is 51.5. The number of fused-ring (bicyclic) bond motifs is 1.